The lowest BCUT2D eigenvalue weighted by Gasteiger charge is -2.08. The van der Waals surface area contributed by atoms with Crippen LogP contribution in [0, 0.1) is 5.92 Å². The van der Waals surface area contributed by atoms with Crippen LogP contribution < -0.4 is 5.43 Å². The minimum Gasteiger partial charge on any atom is -0.308 e. The number of allylic oxidation sites excluding steroid dienone is 1. The SMILES string of the molecule is C=CC(C)/C(C)=N\NC(C)C. The third-order valence-electron chi connectivity index (χ3n) is 1.51. The van der Waals surface area contributed by atoms with E-state index in [4.69, 9.17) is 0 Å². The molecule has 0 bridgehead atoms. The smallest absolute Gasteiger partial charge is 0.0413 e. The van der Waals surface area contributed by atoms with E-state index < -0.39 is 0 Å². The van der Waals surface area contributed by atoms with Gasteiger partial charge in [0.15, 0.2) is 0 Å². The predicted octanol–water partition coefficient (Wildman–Crippen LogP) is 2.18. The van der Waals surface area contributed by atoms with Crippen molar-refractivity contribution in [1.82, 2.24) is 5.43 Å². The number of hydrogen-bond donors (Lipinski definition) is 1. The molecule has 0 amide bonds. The molecule has 2 heteroatoms. The Hall–Kier alpha value is -0.790. The van der Waals surface area contributed by atoms with Crippen molar-refractivity contribution in [2.75, 3.05) is 0 Å². The van der Waals surface area contributed by atoms with Crippen molar-refractivity contribution < 1.29 is 0 Å². The summed E-state index contributed by atoms with van der Waals surface area (Å²) in [6.07, 6.45) is 1.89. The molecule has 1 unspecified atom stereocenters. The van der Waals surface area contributed by atoms with E-state index in [1.54, 1.807) is 0 Å². The Morgan fingerprint density at radius 3 is 2.36 bits per heavy atom. The number of rotatable bonds is 4. The van der Waals surface area contributed by atoms with E-state index in [9.17, 15) is 0 Å². The molecular formula is C9H18N2. The monoisotopic (exact) mass is 154 g/mol. The molecule has 0 saturated carbocycles. The van der Waals surface area contributed by atoms with Crippen molar-refractivity contribution in [2.24, 2.45) is 11.0 Å². The Balaban J connectivity index is 3.89. The van der Waals surface area contributed by atoms with Gasteiger partial charge in [0.05, 0.1) is 0 Å². The van der Waals surface area contributed by atoms with Crippen molar-refractivity contribution >= 4 is 5.71 Å². The fraction of sp³-hybridized carbons (Fsp3) is 0.667. The molecule has 0 aliphatic rings. The highest BCUT2D eigenvalue weighted by Crippen LogP contribution is 1.98. The summed E-state index contributed by atoms with van der Waals surface area (Å²) in [5, 5.41) is 4.19. The first-order valence-corrected chi connectivity index (χ1v) is 4.00. The van der Waals surface area contributed by atoms with Crippen LogP contribution in [0.5, 0.6) is 0 Å². The lowest BCUT2D eigenvalue weighted by atomic mass is 10.1. The van der Waals surface area contributed by atoms with Gasteiger partial charge in [0.25, 0.3) is 0 Å². The van der Waals surface area contributed by atoms with E-state index in [0.29, 0.717) is 12.0 Å². The summed E-state index contributed by atoms with van der Waals surface area (Å²) >= 11 is 0. The maximum Gasteiger partial charge on any atom is 0.0413 e. The molecule has 1 atom stereocenters. The van der Waals surface area contributed by atoms with Crippen molar-refractivity contribution in [3.05, 3.63) is 12.7 Å². The van der Waals surface area contributed by atoms with Crippen LogP contribution in [0.25, 0.3) is 0 Å². The quantitative estimate of drug-likeness (QED) is 0.374. The predicted molar refractivity (Wildman–Crippen MR) is 50.7 cm³/mol. The Kier molecular flexibility index (Phi) is 4.59. The van der Waals surface area contributed by atoms with Crippen LogP contribution >= 0.6 is 0 Å². The molecule has 0 saturated heterocycles. The fourth-order valence-corrected chi connectivity index (χ4v) is 0.503. The third-order valence-corrected chi connectivity index (χ3v) is 1.51. The maximum absolute atomic E-state index is 4.19. The van der Waals surface area contributed by atoms with E-state index in [0.717, 1.165) is 5.71 Å². The highest BCUT2D eigenvalue weighted by molar-refractivity contribution is 5.85. The van der Waals surface area contributed by atoms with Crippen molar-refractivity contribution in [3.63, 3.8) is 0 Å². The molecule has 0 radical (unpaired) electrons. The average Bonchev–Trinajstić information content (AvgIpc) is 1.98. The third kappa shape index (κ3) is 4.59. The Labute approximate surface area is 69.4 Å². The minimum absolute atomic E-state index is 0.362. The first-order chi connectivity index (χ1) is 5.07. The highest BCUT2D eigenvalue weighted by Gasteiger charge is 1.99. The summed E-state index contributed by atoms with van der Waals surface area (Å²) in [6, 6.07) is 0.405. The van der Waals surface area contributed by atoms with E-state index in [-0.39, 0.29) is 0 Å². The largest absolute Gasteiger partial charge is 0.308 e. The zero-order valence-corrected chi connectivity index (χ0v) is 7.89. The van der Waals surface area contributed by atoms with Crippen LogP contribution in [0.3, 0.4) is 0 Å². The van der Waals surface area contributed by atoms with E-state index in [2.05, 4.69) is 37.9 Å². The molecule has 0 spiro atoms. The van der Waals surface area contributed by atoms with E-state index >= 15 is 0 Å². The lowest BCUT2D eigenvalue weighted by molar-refractivity contribution is 0.616. The van der Waals surface area contributed by atoms with Gasteiger partial charge in [-0.3, -0.25) is 0 Å². The van der Waals surface area contributed by atoms with Crippen LogP contribution in [0.1, 0.15) is 27.7 Å². The van der Waals surface area contributed by atoms with Crippen LogP contribution in [-0.4, -0.2) is 11.8 Å². The normalized spacial score (nSPS) is 14.8. The second-order valence-corrected chi connectivity index (χ2v) is 3.06. The van der Waals surface area contributed by atoms with Crippen molar-refractivity contribution in [1.29, 1.82) is 0 Å². The average molecular weight is 154 g/mol. The standard InChI is InChI=1S/C9H18N2/c1-6-8(4)9(5)11-10-7(2)3/h6-8,10H,1H2,2-5H3/b11-9-. The van der Waals surface area contributed by atoms with Gasteiger partial charge in [0, 0.05) is 17.7 Å². The Morgan fingerprint density at radius 2 is 2.00 bits per heavy atom. The first-order valence-electron chi connectivity index (χ1n) is 4.00. The molecule has 0 heterocycles. The number of nitrogens with one attached hydrogen (secondary N) is 1. The van der Waals surface area contributed by atoms with Gasteiger partial charge < -0.3 is 5.43 Å². The Bertz CT molecular complexity index is 148. The van der Waals surface area contributed by atoms with Gasteiger partial charge in [-0.15, -0.1) is 6.58 Å². The molecule has 0 aromatic carbocycles. The molecule has 64 valence electrons. The molecular weight excluding hydrogens is 136 g/mol. The summed E-state index contributed by atoms with van der Waals surface area (Å²) in [6.45, 7) is 11.9. The molecule has 0 rings (SSSR count). The zero-order valence-electron chi connectivity index (χ0n) is 7.89. The highest BCUT2D eigenvalue weighted by atomic mass is 15.3. The van der Waals surface area contributed by atoms with Crippen LogP contribution in [0.4, 0.5) is 0 Å². The summed E-state index contributed by atoms with van der Waals surface area (Å²) in [4.78, 5) is 0. The first kappa shape index (κ1) is 10.2. The van der Waals surface area contributed by atoms with Crippen molar-refractivity contribution in [2.45, 2.75) is 33.7 Å². The van der Waals surface area contributed by atoms with Crippen LogP contribution in [-0.2, 0) is 0 Å². The molecule has 1 N–H and O–H groups in total. The van der Waals surface area contributed by atoms with Gasteiger partial charge in [-0.1, -0.05) is 13.0 Å². The topological polar surface area (TPSA) is 24.4 Å². The Morgan fingerprint density at radius 1 is 1.45 bits per heavy atom. The van der Waals surface area contributed by atoms with Gasteiger partial charge in [0.2, 0.25) is 0 Å². The maximum atomic E-state index is 4.19. The summed E-state index contributed by atoms with van der Waals surface area (Å²) in [5.74, 6) is 0.362. The van der Waals surface area contributed by atoms with Gasteiger partial charge in [-0.2, -0.15) is 5.10 Å². The molecule has 0 aromatic rings. The summed E-state index contributed by atoms with van der Waals surface area (Å²) in [5.41, 5.74) is 4.08. The molecule has 0 aliphatic carbocycles. The molecule has 0 fully saturated rings. The van der Waals surface area contributed by atoms with Crippen LogP contribution in [0.15, 0.2) is 17.8 Å². The number of hydrazone groups is 1. The van der Waals surface area contributed by atoms with Crippen molar-refractivity contribution in [3.8, 4) is 0 Å². The van der Waals surface area contributed by atoms with Gasteiger partial charge in [-0.25, -0.2) is 0 Å². The molecule has 0 aromatic heterocycles. The number of hydrogen-bond acceptors (Lipinski definition) is 2. The zero-order chi connectivity index (χ0) is 8.85. The van der Waals surface area contributed by atoms with E-state index in [1.165, 1.54) is 0 Å². The summed E-state index contributed by atoms with van der Waals surface area (Å²) in [7, 11) is 0. The fourth-order valence-electron chi connectivity index (χ4n) is 0.503. The minimum atomic E-state index is 0.362. The second kappa shape index (κ2) is 4.94. The lowest BCUT2D eigenvalue weighted by Crippen LogP contribution is -2.19. The van der Waals surface area contributed by atoms with Crippen LogP contribution in [0.2, 0.25) is 0 Å². The van der Waals surface area contributed by atoms with Gasteiger partial charge in [-0.05, 0) is 20.8 Å². The molecule has 2 nitrogen and oxygen atoms in total. The summed E-state index contributed by atoms with van der Waals surface area (Å²) < 4.78 is 0. The second-order valence-electron chi connectivity index (χ2n) is 3.06. The number of nitrogens with zero attached hydrogens (tertiary/aromatic N) is 1. The molecule has 11 heavy (non-hydrogen) atoms. The van der Waals surface area contributed by atoms with E-state index in [1.807, 2.05) is 13.0 Å². The van der Waals surface area contributed by atoms with Gasteiger partial charge >= 0.3 is 0 Å². The molecule has 0 aliphatic heterocycles. The van der Waals surface area contributed by atoms with Gasteiger partial charge in [0.1, 0.15) is 0 Å².